The Morgan fingerprint density at radius 3 is 2.15 bits per heavy atom. The summed E-state index contributed by atoms with van der Waals surface area (Å²) in [5.41, 5.74) is 2.18. The normalized spacial score (nSPS) is 16.5. The standard InChI is InChI=1S/C20H26ClN3O2S/c1-2-23-11-13-24(14-12-23)16-18-6-4-3-5-17(18)15-22-27(25,26)20-9-7-19(21)8-10-20/h3-10,22H,2,11-16H2,1H3. The van der Waals surface area contributed by atoms with E-state index in [1.165, 1.54) is 17.7 Å². The van der Waals surface area contributed by atoms with Crippen LogP contribution in [0.2, 0.25) is 5.02 Å². The molecule has 5 nitrogen and oxygen atoms in total. The van der Waals surface area contributed by atoms with Crippen LogP contribution in [0.25, 0.3) is 0 Å². The largest absolute Gasteiger partial charge is 0.301 e. The van der Waals surface area contributed by atoms with Gasteiger partial charge < -0.3 is 4.90 Å². The first-order valence-corrected chi connectivity index (χ1v) is 11.1. The lowest BCUT2D eigenvalue weighted by Gasteiger charge is -2.34. The molecule has 1 N–H and O–H groups in total. The summed E-state index contributed by atoms with van der Waals surface area (Å²) >= 11 is 5.84. The summed E-state index contributed by atoms with van der Waals surface area (Å²) in [6.45, 7) is 8.65. The van der Waals surface area contributed by atoms with Crippen molar-refractivity contribution in [2.24, 2.45) is 0 Å². The molecule has 0 aromatic heterocycles. The molecule has 0 atom stereocenters. The minimum atomic E-state index is -3.56. The van der Waals surface area contributed by atoms with E-state index in [9.17, 15) is 8.42 Å². The zero-order valence-electron chi connectivity index (χ0n) is 15.6. The van der Waals surface area contributed by atoms with E-state index in [0.29, 0.717) is 5.02 Å². The van der Waals surface area contributed by atoms with Crippen LogP contribution in [0.3, 0.4) is 0 Å². The maximum Gasteiger partial charge on any atom is 0.240 e. The van der Waals surface area contributed by atoms with Crippen molar-refractivity contribution in [2.45, 2.75) is 24.9 Å². The molecule has 1 heterocycles. The van der Waals surface area contributed by atoms with Crippen LogP contribution in [-0.4, -0.2) is 50.9 Å². The van der Waals surface area contributed by atoms with Gasteiger partial charge in [0.15, 0.2) is 0 Å². The van der Waals surface area contributed by atoms with E-state index in [2.05, 4.69) is 27.5 Å². The maximum absolute atomic E-state index is 12.5. The van der Waals surface area contributed by atoms with Crippen LogP contribution < -0.4 is 4.72 Å². The van der Waals surface area contributed by atoms with E-state index in [0.717, 1.165) is 44.8 Å². The average Bonchev–Trinajstić information content (AvgIpc) is 2.68. The van der Waals surface area contributed by atoms with E-state index in [4.69, 9.17) is 11.6 Å². The predicted octanol–water partition coefficient (Wildman–Crippen LogP) is 2.96. The number of nitrogens with one attached hydrogen (secondary N) is 1. The number of sulfonamides is 1. The fraction of sp³-hybridized carbons (Fsp3) is 0.400. The van der Waals surface area contributed by atoms with E-state index in [-0.39, 0.29) is 11.4 Å². The van der Waals surface area contributed by atoms with Crippen LogP contribution >= 0.6 is 11.6 Å². The molecule has 0 saturated carbocycles. The van der Waals surface area contributed by atoms with Crippen molar-refractivity contribution in [1.82, 2.24) is 14.5 Å². The highest BCUT2D eigenvalue weighted by Gasteiger charge is 2.18. The first-order valence-electron chi connectivity index (χ1n) is 9.24. The fourth-order valence-electron chi connectivity index (χ4n) is 3.26. The molecule has 0 radical (unpaired) electrons. The summed E-state index contributed by atoms with van der Waals surface area (Å²) in [5, 5.41) is 0.516. The third-order valence-corrected chi connectivity index (χ3v) is 6.67. The van der Waals surface area contributed by atoms with Gasteiger partial charge in [-0.05, 0) is 41.9 Å². The lowest BCUT2D eigenvalue weighted by atomic mass is 10.1. The molecule has 1 aliphatic heterocycles. The van der Waals surface area contributed by atoms with E-state index in [1.807, 2.05) is 18.2 Å². The van der Waals surface area contributed by atoms with Gasteiger partial charge in [-0.15, -0.1) is 0 Å². The van der Waals surface area contributed by atoms with Gasteiger partial charge in [-0.1, -0.05) is 42.8 Å². The minimum absolute atomic E-state index is 0.222. The monoisotopic (exact) mass is 407 g/mol. The molecule has 0 spiro atoms. The zero-order chi connectivity index (χ0) is 19.3. The molecule has 1 aliphatic rings. The van der Waals surface area contributed by atoms with Gasteiger partial charge in [0.25, 0.3) is 0 Å². The molecule has 2 aromatic rings. The molecule has 0 aliphatic carbocycles. The topological polar surface area (TPSA) is 52.6 Å². The van der Waals surface area contributed by atoms with Crippen molar-refractivity contribution in [3.05, 3.63) is 64.7 Å². The third kappa shape index (κ3) is 5.53. The van der Waals surface area contributed by atoms with Crippen molar-refractivity contribution in [3.63, 3.8) is 0 Å². The highest BCUT2D eigenvalue weighted by molar-refractivity contribution is 7.89. The van der Waals surface area contributed by atoms with E-state index >= 15 is 0 Å². The second-order valence-electron chi connectivity index (χ2n) is 6.76. The lowest BCUT2D eigenvalue weighted by Crippen LogP contribution is -2.45. The average molecular weight is 408 g/mol. The number of likely N-dealkylation sites (N-methyl/N-ethyl adjacent to an activating group) is 1. The SMILES string of the molecule is CCN1CCN(Cc2ccccc2CNS(=O)(=O)c2ccc(Cl)cc2)CC1. The van der Waals surface area contributed by atoms with E-state index < -0.39 is 10.0 Å². The van der Waals surface area contributed by atoms with Crippen LogP contribution in [0.1, 0.15) is 18.1 Å². The molecule has 2 aromatic carbocycles. The maximum atomic E-state index is 12.5. The number of piperazine rings is 1. The van der Waals surface area contributed by atoms with Gasteiger partial charge in [0.05, 0.1) is 4.90 Å². The van der Waals surface area contributed by atoms with Crippen LogP contribution in [0.5, 0.6) is 0 Å². The van der Waals surface area contributed by atoms with E-state index in [1.54, 1.807) is 12.1 Å². The summed E-state index contributed by atoms with van der Waals surface area (Å²) in [6, 6.07) is 14.2. The molecule has 0 amide bonds. The quantitative estimate of drug-likeness (QED) is 0.766. The van der Waals surface area contributed by atoms with Crippen molar-refractivity contribution in [2.75, 3.05) is 32.7 Å². The number of rotatable bonds is 7. The molecule has 1 saturated heterocycles. The molecule has 1 fully saturated rings. The fourth-order valence-corrected chi connectivity index (χ4v) is 4.39. The van der Waals surface area contributed by atoms with Gasteiger partial charge in [-0.3, -0.25) is 4.90 Å². The Morgan fingerprint density at radius 1 is 0.926 bits per heavy atom. The first kappa shape index (κ1) is 20.3. The zero-order valence-corrected chi connectivity index (χ0v) is 17.1. The van der Waals surface area contributed by atoms with Gasteiger partial charge in [0, 0.05) is 44.3 Å². The van der Waals surface area contributed by atoms with Gasteiger partial charge in [-0.25, -0.2) is 13.1 Å². The number of benzene rings is 2. The Bertz CT molecular complexity index is 848. The highest BCUT2D eigenvalue weighted by atomic mass is 35.5. The Balaban J connectivity index is 1.65. The number of nitrogens with zero attached hydrogens (tertiary/aromatic N) is 2. The third-order valence-electron chi connectivity index (χ3n) is 5.00. The minimum Gasteiger partial charge on any atom is -0.301 e. The molecule has 0 bridgehead atoms. The lowest BCUT2D eigenvalue weighted by molar-refractivity contribution is 0.131. The molecule has 7 heteroatoms. The Labute approximate surface area is 167 Å². The summed E-state index contributed by atoms with van der Waals surface area (Å²) in [6.07, 6.45) is 0. The molecular formula is C20H26ClN3O2S. The second-order valence-corrected chi connectivity index (χ2v) is 8.96. The van der Waals surface area contributed by atoms with Crippen molar-refractivity contribution >= 4 is 21.6 Å². The Morgan fingerprint density at radius 2 is 1.52 bits per heavy atom. The van der Waals surface area contributed by atoms with Gasteiger partial charge in [-0.2, -0.15) is 0 Å². The smallest absolute Gasteiger partial charge is 0.240 e. The van der Waals surface area contributed by atoms with Crippen LogP contribution in [-0.2, 0) is 23.1 Å². The Hall–Kier alpha value is -1.44. The summed E-state index contributed by atoms with van der Waals surface area (Å²) in [5.74, 6) is 0. The molecular weight excluding hydrogens is 382 g/mol. The number of hydrogen-bond acceptors (Lipinski definition) is 4. The van der Waals surface area contributed by atoms with Gasteiger partial charge in [0.1, 0.15) is 0 Å². The van der Waals surface area contributed by atoms with Crippen LogP contribution in [0.4, 0.5) is 0 Å². The number of halogens is 1. The highest BCUT2D eigenvalue weighted by Crippen LogP contribution is 2.17. The molecule has 3 rings (SSSR count). The van der Waals surface area contributed by atoms with Crippen molar-refractivity contribution in [1.29, 1.82) is 0 Å². The van der Waals surface area contributed by atoms with Crippen LogP contribution in [0, 0.1) is 0 Å². The molecule has 27 heavy (non-hydrogen) atoms. The first-order chi connectivity index (χ1) is 13.0. The van der Waals surface area contributed by atoms with Gasteiger partial charge in [0.2, 0.25) is 10.0 Å². The summed E-state index contributed by atoms with van der Waals surface area (Å²) in [7, 11) is -3.56. The predicted molar refractivity (Wildman–Crippen MR) is 109 cm³/mol. The Kier molecular flexibility index (Phi) is 6.89. The summed E-state index contributed by atoms with van der Waals surface area (Å²) in [4.78, 5) is 5.10. The van der Waals surface area contributed by atoms with Crippen molar-refractivity contribution < 1.29 is 8.42 Å². The molecule has 0 unspecified atom stereocenters. The number of hydrogen-bond donors (Lipinski definition) is 1. The second kappa shape index (κ2) is 9.17. The molecule has 146 valence electrons. The summed E-state index contributed by atoms with van der Waals surface area (Å²) < 4.78 is 27.7. The van der Waals surface area contributed by atoms with Crippen LogP contribution in [0.15, 0.2) is 53.4 Å². The van der Waals surface area contributed by atoms with Gasteiger partial charge >= 0.3 is 0 Å². The van der Waals surface area contributed by atoms with Crippen molar-refractivity contribution in [3.8, 4) is 0 Å².